The number of amides is 2. The van der Waals surface area contributed by atoms with E-state index in [4.69, 9.17) is 4.74 Å². The van der Waals surface area contributed by atoms with Gasteiger partial charge in [0.15, 0.2) is 0 Å². The first kappa shape index (κ1) is 15.4. The van der Waals surface area contributed by atoms with E-state index in [1.54, 1.807) is 17.0 Å². The minimum atomic E-state index is -0.383. The second kappa shape index (κ2) is 7.11. The average molecular weight is 290 g/mol. The monoisotopic (exact) mass is 290 g/mol. The first-order valence-corrected chi connectivity index (χ1v) is 7.49. The van der Waals surface area contributed by atoms with E-state index in [0.29, 0.717) is 37.4 Å². The molecule has 21 heavy (non-hydrogen) atoms. The first-order chi connectivity index (χ1) is 10.2. The molecule has 0 bridgehead atoms. The third-order valence-corrected chi connectivity index (χ3v) is 3.53. The Morgan fingerprint density at radius 1 is 1.43 bits per heavy atom. The summed E-state index contributed by atoms with van der Waals surface area (Å²) in [5.41, 5.74) is 0.566. The van der Waals surface area contributed by atoms with Crippen LogP contribution in [-0.4, -0.2) is 42.5 Å². The van der Waals surface area contributed by atoms with Gasteiger partial charge < -0.3 is 15.0 Å². The van der Waals surface area contributed by atoms with Gasteiger partial charge in [-0.15, -0.1) is 0 Å². The summed E-state index contributed by atoms with van der Waals surface area (Å²) in [6.07, 6.45) is 1.53. The molecule has 1 heterocycles. The van der Waals surface area contributed by atoms with Gasteiger partial charge in [-0.05, 0) is 31.0 Å². The predicted molar refractivity (Wildman–Crippen MR) is 80.4 cm³/mol. The van der Waals surface area contributed by atoms with Gasteiger partial charge in [-0.3, -0.25) is 9.59 Å². The van der Waals surface area contributed by atoms with Crippen LogP contribution in [-0.2, 0) is 4.79 Å². The van der Waals surface area contributed by atoms with Gasteiger partial charge >= 0.3 is 0 Å². The summed E-state index contributed by atoms with van der Waals surface area (Å²) in [7, 11) is 0. The smallest absolute Gasteiger partial charge is 0.254 e. The van der Waals surface area contributed by atoms with Crippen LogP contribution in [0.25, 0.3) is 0 Å². The number of piperazine rings is 1. The molecule has 0 radical (unpaired) electrons. The summed E-state index contributed by atoms with van der Waals surface area (Å²) in [4.78, 5) is 26.1. The second-order valence-corrected chi connectivity index (χ2v) is 5.09. The molecule has 5 heteroatoms. The van der Waals surface area contributed by atoms with Crippen LogP contribution in [0.1, 0.15) is 37.0 Å². The molecule has 1 unspecified atom stereocenters. The molecule has 0 aliphatic carbocycles. The topological polar surface area (TPSA) is 58.6 Å². The maximum Gasteiger partial charge on any atom is 0.254 e. The Morgan fingerprint density at radius 3 is 2.95 bits per heavy atom. The van der Waals surface area contributed by atoms with E-state index >= 15 is 0 Å². The lowest BCUT2D eigenvalue weighted by molar-refractivity contribution is -0.127. The van der Waals surface area contributed by atoms with E-state index in [0.717, 1.165) is 6.42 Å². The van der Waals surface area contributed by atoms with Gasteiger partial charge in [0.2, 0.25) is 5.91 Å². The second-order valence-electron chi connectivity index (χ2n) is 5.09. The van der Waals surface area contributed by atoms with E-state index in [1.807, 2.05) is 26.0 Å². The van der Waals surface area contributed by atoms with Crippen molar-refractivity contribution in [1.29, 1.82) is 0 Å². The molecule has 1 aromatic rings. The van der Waals surface area contributed by atoms with Crippen molar-refractivity contribution in [3.05, 3.63) is 29.8 Å². The third-order valence-electron chi connectivity index (χ3n) is 3.53. The van der Waals surface area contributed by atoms with Crippen molar-refractivity contribution in [2.75, 3.05) is 19.7 Å². The van der Waals surface area contributed by atoms with E-state index in [-0.39, 0.29) is 17.9 Å². The van der Waals surface area contributed by atoms with Gasteiger partial charge in [-0.2, -0.15) is 0 Å². The lowest BCUT2D eigenvalue weighted by atomic mass is 10.1. The fourth-order valence-corrected chi connectivity index (χ4v) is 2.47. The minimum Gasteiger partial charge on any atom is -0.494 e. The van der Waals surface area contributed by atoms with E-state index in [2.05, 4.69) is 5.32 Å². The highest BCUT2D eigenvalue weighted by molar-refractivity contribution is 5.98. The SMILES string of the molecule is CCCOc1cccc(C(=O)N2CCNC(=O)C2CC)c1. The number of carbonyl (C=O) groups is 2. The van der Waals surface area contributed by atoms with Gasteiger partial charge in [0.05, 0.1) is 6.61 Å². The number of benzene rings is 1. The van der Waals surface area contributed by atoms with Gasteiger partial charge in [0, 0.05) is 18.7 Å². The predicted octanol–water partition coefficient (Wildman–Crippen LogP) is 1.83. The Balaban J connectivity index is 2.16. The summed E-state index contributed by atoms with van der Waals surface area (Å²) < 4.78 is 5.56. The van der Waals surface area contributed by atoms with Crippen molar-refractivity contribution in [3.63, 3.8) is 0 Å². The Hall–Kier alpha value is -2.04. The van der Waals surface area contributed by atoms with Crippen LogP contribution in [0.4, 0.5) is 0 Å². The molecule has 1 saturated heterocycles. The highest BCUT2D eigenvalue weighted by atomic mass is 16.5. The molecule has 0 aromatic heterocycles. The first-order valence-electron chi connectivity index (χ1n) is 7.49. The summed E-state index contributed by atoms with van der Waals surface area (Å²) in [6, 6.07) is 6.78. The molecule has 2 amide bonds. The lowest BCUT2D eigenvalue weighted by Gasteiger charge is -2.34. The van der Waals surface area contributed by atoms with Crippen molar-refractivity contribution in [3.8, 4) is 5.75 Å². The third kappa shape index (κ3) is 3.54. The number of hydrogen-bond donors (Lipinski definition) is 1. The molecule has 1 atom stereocenters. The Kier molecular flexibility index (Phi) is 5.20. The molecule has 0 saturated carbocycles. The fourth-order valence-electron chi connectivity index (χ4n) is 2.47. The summed E-state index contributed by atoms with van der Waals surface area (Å²) in [5, 5.41) is 2.80. The quantitative estimate of drug-likeness (QED) is 0.900. The van der Waals surface area contributed by atoms with Gasteiger partial charge in [0.25, 0.3) is 5.91 Å². The van der Waals surface area contributed by atoms with E-state index < -0.39 is 0 Å². The van der Waals surface area contributed by atoms with Gasteiger partial charge in [-0.25, -0.2) is 0 Å². The summed E-state index contributed by atoms with van der Waals surface area (Å²) in [6.45, 7) is 5.63. The lowest BCUT2D eigenvalue weighted by Crippen LogP contribution is -2.56. The van der Waals surface area contributed by atoms with Crippen molar-refractivity contribution in [2.45, 2.75) is 32.7 Å². The number of nitrogens with one attached hydrogen (secondary N) is 1. The summed E-state index contributed by atoms with van der Waals surface area (Å²) in [5.74, 6) is 0.506. The van der Waals surface area contributed by atoms with Crippen LogP contribution in [0.3, 0.4) is 0 Å². The van der Waals surface area contributed by atoms with Crippen molar-refractivity contribution >= 4 is 11.8 Å². The number of ether oxygens (including phenoxy) is 1. The van der Waals surface area contributed by atoms with Crippen LogP contribution >= 0.6 is 0 Å². The number of nitrogens with zero attached hydrogens (tertiary/aromatic N) is 1. The number of hydrogen-bond acceptors (Lipinski definition) is 3. The zero-order chi connectivity index (χ0) is 15.2. The van der Waals surface area contributed by atoms with Gasteiger partial charge in [0.1, 0.15) is 11.8 Å². The molecular formula is C16H22N2O3. The molecule has 114 valence electrons. The molecule has 1 aromatic carbocycles. The highest BCUT2D eigenvalue weighted by Gasteiger charge is 2.32. The molecule has 1 aliphatic heterocycles. The van der Waals surface area contributed by atoms with Crippen LogP contribution < -0.4 is 10.1 Å². The summed E-state index contributed by atoms with van der Waals surface area (Å²) >= 11 is 0. The molecule has 1 N–H and O–H groups in total. The van der Waals surface area contributed by atoms with Gasteiger partial charge in [-0.1, -0.05) is 19.9 Å². The fraction of sp³-hybridized carbons (Fsp3) is 0.500. The zero-order valence-electron chi connectivity index (χ0n) is 12.6. The Bertz CT molecular complexity index is 516. The average Bonchev–Trinajstić information content (AvgIpc) is 2.52. The van der Waals surface area contributed by atoms with Crippen molar-refractivity contribution < 1.29 is 14.3 Å². The molecule has 1 fully saturated rings. The molecule has 0 spiro atoms. The molecular weight excluding hydrogens is 268 g/mol. The highest BCUT2D eigenvalue weighted by Crippen LogP contribution is 2.18. The zero-order valence-corrected chi connectivity index (χ0v) is 12.6. The largest absolute Gasteiger partial charge is 0.494 e. The molecule has 5 nitrogen and oxygen atoms in total. The minimum absolute atomic E-state index is 0.0736. The standard InChI is InChI=1S/C16H22N2O3/c1-3-10-21-13-7-5-6-12(11-13)16(20)18-9-8-17-15(19)14(18)4-2/h5-7,11,14H,3-4,8-10H2,1-2H3,(H,17,19). The van der Waals surface area contributed by atoms with Crippen LogP contribution in [0.5, 0.6) is 5.75 Å². The van der Waals surface area contributed by atoms with Crippen LogP contribution in [0, 0.1) is 0 Å². The van der Waals surface area contributed by atoms with E-state index in [9.17, 15) is 9.59 Å². The maximum atomic E-state index is 12.6. The normalized spacial score (nSPS) is 18.3. The van der Waals surface area contributed by atoms with E-state index in [1.165, 1.54) is 0 Å². The maximum absolute atomic E-state index is 12.6. The number of rotatable bonds is 5. The van der Waals surface area contributed by atoms with Crippen LogP contribution in [0.2, 0.25) is 0 Å². The molecule has 1 aliphatic rings. The Morgan fingerprint density at radius 2 is 2.24 bits per heavy atom. The van der Waals surface area contributed by atoms with Crippen molar-refractivity contribution in [2.24, 2.45) is 0 Å². The van der Waals surface area contributed by atoms with Crippen molar-refractivity contribution in [1.82, 2.24) is 10.2 Å². The number of carbonyl (C=O) groups excluding carboxylic acids is 2. The van der Waals surface area contributed by atoms with Crippen LogP contribution in [0.15, 0.2) is 24.3 Å². The molecule has 2 rings (SSSR count). The Labute approximate surface area is 125 Å².